The summed E-state index contributed by atoms with van der Waals surface area (Å²) in [4.78, 5) is 39.5. The second-order valence-corrected chi connectivity index (χ2v) is 8.99. The molecule has 0 bridgehead atoms. The van der Waals surface area contributed by atoms with Crippen molar-refractivity contribution in [1.29, 1.82) is 0 Å². The molecule has 3 rings (SSSR count). The van der Waals surface area contributed by atoms with Crippen LogP contribution in [0.1, 0.15) is 6.92 Å². The molecule has 0 spiro atoms. The molecule has 2 atom stereocenters. The molecule has 2 N–H and O–H groups in total. The van der Waals surface area contributed by atoms with Crippen LogP contribution < -0.4 is 5.73 Å². The number of Topliss-reactive ketones (excluding diaryl/α,β-unsaturated/α-hetero) is 1. The van der Waals surface area contributed by atoms with E-state index in [2.05, 4.69) is 15.5 Å². The number of ketones is 1. The third kappa shape index (κ3) is 6.33. The lowest BCUT2D eigenvalue weighted by atomic mass is 10.0. The van der Waals surface area contributed by atoms with E-state index in [9.17, 15) is 14.4 Å². The Hall–Kier alpha value is -1.38. The van der Waals surface area contributed by atoms with E-state index in [0.29, 0.717) is 23.2 Å². The van der Waals surface area contributed by atoms with E-state index in [0.717, 1.165) is 12.1 Å². The van der Waals surface area contributed by atoms with Gasteiger partial charge in [-0.15, -0.1) is 41.7 Å². The monoisotopic (exact) mass is 513 g/mol. The van der Waals surface area contributed by atoms with Crippen LogP contribution in [0.5, 0.6) is 0 Å². The van der Waals surface area contributed by atoms with Crippen molar-refractivity contribution in [2.45, 2.75) is 30.0 Å². The van der Waals surface area contributed by atoms with E-state index in [-0.39, 0.29) is 54.2 Å². The highest BCUT2D eigenvalue weighted by Crippen LogP contribution is 2.40. The number of β-lactam (4-membered cyclic amide) rings is 1. The fourth-order valence-corrected chi connectivity index (χ4v) is 5.14. The number of amides is 1. The first kappa shape index (κ1) is 27.7. The molecule has 2 aliphatic rings. The van der Waals surface area contributed by atoms with E-state index in [1.807, 2.05) is 19.0 Å². The second kappa shape index (κ2) is 12.0. The Labute approximate surface area is 200 Å². The predicted octanol–water partition coefficient (Wildman–Crippen LogP) is -0.201. The maximum absolute atomic E-state index is 12.6. The minimum absolute atomic E-state index is 0. The molecule has 1 saturated heterocycles. The van der Waals surface area contributed by atoms with Gasteiger partial charge in [-0.2, -0.15) is 0 Å². The van der Waals surface area contributed by atoms with Gasteiger partial charge in [-0.3, -0.25) is 14.5 Å². The van der Waals surface area contributed by atoms with Crippen molar-refractivity contribution in [1.82, 2.24) is 30.0 Å². The first-order valence-electron chi connectivity index (χ1n) is 8.92. The maximum atomic E-state index is 12.6. The van der Waals surface area contributed by atoms with Crippen LogP contribution in [0.25, 0.3) is 0 Å². The average molecular weight is 514 g/mol. The quantitative estimate of drug-likeness (QED) is 0.267. The van der Waals surface area contributed by atoms with E-state index in [1.54, 1.807) is 4.68 Å². The molecule has 11 nitrogen and oxygen atoms in total. The van der Waals surface area contributed by atoms with Crippen LogP contribution in [0, 0.1) is 0 Å². The number of hydrogen-bond donors (Lipinski definition) is 1. The van der Waals surface area contributed by atoms with Gasteiger partial charge in [0.2, 0.25) is 11.1 Å². The molecule has 0 aromatic carbocycles. The average Bonchev–Trinajstić information content (AvgIpc) is 3.14. The van der Waals surface area contributed by atoms with Crippen molar-refractivity contribution in [2.24, 2.45) is 5.73 Å². The molecule has 1 aromatic heterocycles. The van der Waals surface area contributed by atoms with Gasteiger partial charge in [0.15, 0.2) is 5.78 Å². The summed E-state index contributed by atoms with van der Waals surface area (Å²) in [6.45, 7) is 2.40. The van der Waals surface area contributed by atoms with Crippen LogP contribution in [0.4, 0.5) is 0 Å². The highest BCUT2D eigenvalue weighted by molar-refractivity contribution is 8.01. The summed E-state index contributed by atoms with van der Waals surface area (Å²) in [5.74, 6) is -0.350. The zero-order chi connectivity index (χ0) is 21.1. The maximum Gasteiger partial charge on any atom is 0.355 e. The minimum atomic E-state index is -0.687. The molecule has 0 aliphatic carbocycles. The summed E-state index contributed by atoms with van der Waals surface area (Å²) in [6, 6.07) is -0.636. The van der Waals surface area contributed by atoms with Crippen molar-refractivity contribution in [2.75, 3.05) is 38.8 Å². The molecule has 1 aromatic rings. The number of ether oxygens (including phenoxy) is 1. The lowest BCUT2D eigenvalue weighted by molar-refractivity contribution is -0.152. The molecule has 174 valence electrons. The Morgan fingerprint density at radius 3 is 2.71 bits per heavy atom. The Kier molecular flexibility index (Phi) is 10.7. The molecule has 15 heteroatoms. The van der Waals surface area contributed by atoms with Gasteiger partial charge in [-0.1, -0.05) is 11.8 Å². The Bertz CT molecular complexity index is 852. The van der Waals surface area contributed by atoms with Crippen molar-refractivity contribution in [3.05, 3.63) is 11.3 Å². The fourth-order valence-electron chi connectivity index (χ4n) is 2.80. The number of thioether (sulfide) groups is 2. The number of carbonyl (C=O) groups is 3. The number of rotatable bonds is 9. The highest BCUT2D eigenvalue weighted by Gasteiger charge is 2.52. The summed E-state index contributed by atoms with van der Waals surface area (Å²) in [6.07, 6.45) is 0. The Morgan fingerprint density at radius 1 is 1.35 bits per heavy atom. The van der Waals surface area contributed by atoms with Gasteiger partial charge in [0, 0.05) is 18.1 Å². The van der Waals surface area contributed by atoms with Crippen LogP contribution >= 0.6 is 48.3 Å². The topological polar surface area (TPSA) is 137 Å². The van der Waals surface area contributed by atoms with Crippen LogP contribution in [-0.2, 0) is 25.7 Å². The van der Waals surface area contributed by atoms with Crippen molar-refractivity contribution < 1.29 is 19.1 Å². The summed E-state index contributed by atoms with van der Waals surface area (Å²) in [7, 11) is 3.93. The van der Waals surface area contributed by atoms with Crippen LogP contribution in [-0.4, -0.2) is 97.8 Å². The van der Waals surface area contributed by atoms with Gasteiger partial charge >= 0.3 is 5.97 Å². The number of nitrogens with zero attached hydrogens (tertiary/aromatic N) is 6. The molecular weight excluding hydrogens is 489 g/mol. The molecule has 1 fully saturated rings. The van der Waals surface area contributed by atoms with E-state index in [4.69, 9.17) is 10.5 Å². The number of carbonyl (C=O) groups excluding carboxylic acids is 3. The Morgan fingerprint density at radius 2 is 2.06 bits per heavy atom. The molecule has 2 aliphatic heterocycles. The number of esters is 1. The summed E-state index contributed by atoms with van der Waals surface area (Å²) in [5.41, 5.74) is 6.77. The van der Waals surface area contributed by atoms with Gasteiger partial charge in [0.1, 0.15) is 23.7 Å². The SMILES string of the molecule is CC(=O)COC(=O)C1=C(CSc2nnnn2CCN(C)C)CS[C@H]2C(N)C(=O)N12.Cl.Cl. The molecular formula is C16H25Cl2N7O4S2. The van der Waals surface area contributed by atoms with E-state index < -0.39 is 12.0 Å². The van der Waals surface area contributed by atoms with Gasteiger partial charge in [0.25, 0.3) is 0 Å². The number of tetrazole rings is 1. The third-order valence-corrected chi connectivity index (χ3v) is 6.73. The standard InChI is InChI=1S/C16H23N7O4S2.2ClH/c1-9(24)6-27-15(26)12-10(7-28-14-11(17)13(25)23(12)14)8-29-16-18-19-20-22(16)5-4-21(2)3;;/h11,14H,4-8,17H2,1-3H3;2*1H/t11?,14-;;/m0../s1. The molecule has 3 heterocycles. The van der Waals surface area contributed by atoms with E-state index >= 15 is 0 Å². The number of hydrogen-bond acceptors (Lipinski definition) is 11. The minimum Gasteiger partial charge on any atom is -0.453 e. The van der Waals surface area contributed by atoms with Gasteiger partial charge < -0.3 is 15.4 Å². The van der Waals surface area contributed by atoms with Crippen molar-refractivity contribution in [3.63, 3.8) is 0 Å². The highest BCUT2D eigenvalue weighted by atomic mass is 35.5. The molecule has 1 unspecified atom stereocenters. The molecule has 1 amide bonds. The summed E-state index contributed by atoms with van der Waals surface area (Å²) < 4.78 is 6.78. The first-order valence-corrected chi connectivity index (χ1v) is 11.0. The lowest BCUT2D eigenvalue weighted by Gasteiger charge is -2.48. The molecule has 0 radical (unpaired) electrons. The summed E-state index contributed by atoms with van der Waals surface area (Å²) >= 11 is 2.88. The third-order valence-electron chi connectivity index (χ3n) is 4.32. The van der Waals surface area contributed by atoms with Gasteiger partial charge in [-0.25, -0.2) is 9.48 Å². The lowest BCUT2D eigenvalue weighted by Crippen LogP contribution is -2.68. The number of likely N-dealkylation sites (N-methyl/N-ethyl adjacent to an activating group) is 1. The van der Waals surface area contributed by atoms with Crippen LogP contribution in [0.2, 0.25) is 0 Å². The number of nitrogens with two attached hydrogens (primary N) is 1. The van der Waals surface area contributed by atoms with Crippen molar-refractivity contribution in [3.8, 4) is 0 Å². The largest absolute Gasteiger partial charge is 0.453 e. The van der Waals surface area contributed by atoms with E-state index in [1.165, 1.54) is 35.3 Å². The van der Waals surface area contributed by atoms with Crippen LogP contribution in [0.3, 0.4) is 0 Å². The number of halogens is 2. The second-order valence-electron chi connectivity index (χ2n) is 6.94. The smallest absolute Gasteiger partial charge is 0.355 e. The zero-order valence-electron chi connectivity index (χ0n) is 17.2. The molecule has 31 heavy (non-hydrogen) atoms. The predicted molar refractivity (Wildman–Crippen MR) is 121 cm³/mol. The van der Waals surface area contributed by atoms with Gasteiger partial charge in [0.05, 0.1) is 6.54 Å². The zero-order valence-corrected chi connectivity index (χ0v) is 20.5. The Balaban J connectivity index is 0.00000240. The van der Waals surface area contributed by atoms with Crippen LogP contribution in [0.15, 0.2) is 16.4 Å². The number of aromatic nitrogens is 4. The van der Waals surface area contributed by atoms with Crippen molar-refractivity contribution >= 4 is 66.0 Å². The normalized spacial score (nSPS) is 19.9. The fraction of sp³-hybridized carbons (Fsp3) is 0.625. The van der Waals surface area contributed by atoms with Gasteiger partial charge in [-0.05, 0) is 37.0 Å². The number of fused-ring (bicyclic) bond motifs is 1. The summed E-state index contributed by atoms with van der Waals surface area (Å²) in [5, 5.41) is 12.1. The first-order chi connectivity index (χ1) is 13.8. The molecule has 0 saturated carbocycles.